The molecule has 1 aromatic rings. The van der Waals surface area contributed by atoms with E-state index in [4.69, 9.17) is 11.5 Å². The Labute approximate surface area is 81.7 Å². The molecule has 1 aliphatic rings. The Kier molecular flexibility index (Phi) is 2.03. The lowest BCUT2D eigenvalue weighted by Gasteiger charge is -2.18. The molecule has 0 atom stereocenters. The van der Waals surface area contributed by atoms with E-state index < -0.39 is 0 Å². The van der Waals surface area contributed by atoms with Crippen LogP contribution in [-0.2, 0) is 0 Å². The lowest BCUT2D eigenvalue weighted by Crippen LogP contribution is -2.34. The molecule has 1 aromatic heterocycles. The van der Waals surface area contributed by atoms with Crippen molar-refractivity contribution in [2.75, 3.05) is 29.5 Å². The van der Waals surface area contributed by atoms with Gasteiger partial charge in [-0.05, 0) is 12.8 Å². The van der Waals surface area contributed by atoms with Crippen LogP contribution in [0.3, 0.4) is 0 Å². The minimum atomic E-state index is -0.106. The van der Waals surface area contributed by atoms with Crippen molar-refractivity contribution in [3.05, 3.63) is 11.4 Å². The van der Waals surface area contributed by atoms with Gasteiger partial charge in [0.05, 0.1) is 6.20 Å². The van der Waals surface area contributed by atoms with E-state index in [-0.39, 0.29) is 5.95 Å². The van der Waals surface area contributed by atoms with Crippen molar-refractivity contribution in [1.29, 1.82) is 0 Å². The van der Waals surface area contributed by atoms with Gasteiger partial charge >= 0.3 is 5.95 Å². The fourth-order valence-electron chi connectivity index (χ4n) is 1.67. The molecule has 6 nitrogen and oxygen atoms in total. The number of anilines is 3. The maximum Gasteiger partial charge on any atom is 0.391 e. The Morgan fingerprint density at radius 1 is 1.36 bits per heavy atom. The summed E-state index contributed by atoms with van der Waals surface area (Å²) in [5, 5.41) is 11.2. The highest BCUT2D eigenvalue weighted by Gasteiger charge is 2.19. The highest BCUT2D eigenvalue weighted by atomic mass is 16.5. The highest BCUT2D eigenvalue weighted by molar-refractivity contribution is 5.62. The van der Waals surface area contributed by atoms with Crippen LogP contribution in [0.25, 0.3) is 0 Å². The van der Waals surface area contributed by atoms with Gasteiger partial charge in [0.2, 0.25) is 5.82 Å². The molecule has 0 saturated carbocycles. The second kappa shape index (κ2) is 3.21. The Hall–Kier alpha value is -1.72. The van der Waals surface area contributed by atoms with Gasteiger partial charge in [-0.3, -0.25) is 5.73 Å². The van der Waals surface area contributed by atoms with Gasteiger partial charge in [0.1, 0.15) is 5.69 Å². The van der Waals surface area contributed by atoms with E-state index in [0.29, 0.717) is 16.2 Å². The average Bonchev–Trinajstić information content (AvgIpc) is 2.64. The molecule has 0 bridgehead atoms. The maximum absolute atomic E-state index is 11.2. The summed E-state index contributed by atoms with van der Waals surface area (Å²) in [4.78, 5) is 5.83. The van der Waals surface area contributed by atoms with Gasteiger partial charge < -0.3 is 15.8 Å². The zero-order valence-corrected chi connectivity index (χ0v) is 7.81. The van der Waals surface area contributed by atoms with Crippen LogP contribution in [0, 0.1) is 5.21 Å². The topological polar surface area (TPSA) is 95.1 Å². The molecule has 6 heteroatoms. The van der Waals surface area contributed by atoms with Gasteiger partial charge in [0.25, 0.3) is 0 Å². The Morgan fingerprint density at radius 2 is 2.00 bits per heavy atom. The number of aromatic nitrogens is 2. The van der Waals surface area contributed by atoms with Gasteiger partial charge in [0.15, 0.2) is 0 Å². The molecular weight excluding hydrogens is 182 g/mol. The van der Waals surface area contributed by atoms with E-state index >= 15 is 0 Å². The SMILES string of the molecule is Nc1nc(N)[n+]([O-])cc1N1CCCC1. The molecule has 0 unspecified atom stereocenters. The van der Waals surface area contributed by atoms with Crippen LogP contribution in [0.2, 0.25) is 0 Å². The number of rotatable bonds is 1. The quantitative estimate of drug-likeness (QED) is 0.464. The molecule has 2 rings (SSSR count). The molecule has 1 saturated heterocycles. The lowest BCUT2D eigenvalue weighted by atomic mass is 10.4. The number of hydrogen-bond donors (Lipinski definition) is 2. The van der Waals surface area contributed by atoms with Crippen molar-refractivity contribution in [2.45, 2.75) is 12.8 Å². The van der Waals surface area contributed by atoms with E-state index in [0.717, 1.165) is 25.9 Å². The highest BCUT2D eigenvalue weighted by Crippen LogP contribution is 2.23. The second-order valence-electron chi connectivity index (χ2n) is 3.39. The van der Waals surface area contributed by atoms with E-state index in [9.17, 15) is 5.21 Å². The van der Waals surface area contributed by atoms with Crippen LogP contribution in [0.1, 0.15) is 12.8 Å². The third-order valence-electron chi connectivity index (χ3n) is 2.41. The third-order valence-corrected chi connectivity index (χ3v) is 2.41. The van der Waals surface area contributed by atoms with Crippen LogP contribution in [0.5, 0.6) is 0 Å². The molecule has 1 aliphatic heterocycles. The summed E-state index contributed by atoms with van der Waals surface area (Å²) in [7, 11) is 0. The minimum absolute atomic E-state index is 0.106. The third kappa shape index (κ3) is 1.39. The monoisotopic (exact) mass is 195 g/mol. The molecule has 1 fully saturated rings. The average molecular weight is 195 g/mol. The van der Waals surface area contributed by atoms with Crippen LogP contribution < -0.4 is 21.1 Å². The first-order chi connectivity index (χ1) is 6.68. The summed E-state index contributed by atoms with van der Waals surface area (Å²) in [6.07, 6.45) is 3.65. The van der Waals surface area contributed by atoms with E-state index in [1.165, 1.54) is 6.20 Å². The van der Waals surface area contributed by atoms with Crippen molar-refractivity contribution < 1.29 is 4.73 Å². The second-order valence-corrected chi connectivity index (χ2v) is 3.39. The van der Waals surface area contributed by atoms with Crippen molar-refractivity contribution >= 4 is 17.5 Å². The van der Waals surface area contributed by atoms with Crippen molar-refractivity contribution in [3.8, 4) is 0 Å². The van der Waals surface area contributed by atoms with Gasteiger partial charge in [0, 0.05) is 13.1 Å². The summed E-state index contributed by atoms with van der Waals surface area (Å²) in [6, 6.07) is 0. The Morgan fingerprint density at radius 3 is 2.64 bits per heavy atom. The molecular formula is C8H13N5O. The first-order valence-electron chi connectivity index (χ1n) is 4.58. The van der Waals surface area contributed by atoms with Crippen LogP contribution in [-0.4, -0.2) is 18.1 Å². The Balaban J connectivity index is 2.37. The van der Waals surface area contributed by atoms with Gasteiger partial charge in [-0.2, -0.15) is 0 Å². The molecule has 2 heterocycles. The standard InChI is InChI=1S/C8H13N5O/c9-7-6(12-3-1-2-4-12)5-13(14)8(10)11-7/h5H,1-4H2,(H4,9,10,11). The molecule has 0 aliphatic carbocycles. The maximum atomic E-state index is 11.2. The van der Waals surface area contributed by atoms with Gasteiger partial charge in [-0.15, -0.1) is 0 Å². The zero-order valence-electron chi connectivity index (χ0n) is 7.81. The van der Waals surface area contributed by atoms with Crippen LogP contribution >= 0.6 is 0 Å². The summed E-state index contributed by atoms with van der Waals surface area (Å²) >= 11 is 0. The van der Waals surface area contributed by atoms with Crippen molar-refractivity contribution in [1.82, 2.24) is 4.98 Å². The van der Waals surface area contributed by atoms with Crippen LogP contribution in [0.15, 0.2) is 6.20 Å². The van der Waals surface area contributed by atoms with Gasteiger partial charge in [-0.25, -0.2) is 4.73 Å². The van der Waals surface area contributed by atoms with E-state index in [1.54, 1.807) is 0 Å². The minimum Gasteiger partial charge on any atom is -0.740 e. The molecule has 0 aromatic carbocycles. The Bertz CT molecular complexity index is 348. The summed E-state index contributed by atoms with van der Waals surface area (Å²) in [5.41, 5.74) is 11.7. The predicted octanol–water partition coefficient (Wildman–Crippen LogP) is -0.520. The molecule has 14 heavy (non-hydrogen) atoms. The molecule has 4 N–H and O–H groups in total. The first kappa shape index (κ1) is 8.86. The first-order valence-corrected chi connectivity index (χ1v) is 4.58. The predicted molar refractivity (Wildman–Crippen MR) is 53.5 cm³/mol. The van der Waals surface area contributed by atoms with Crippen molar-refractivity contribution in [3.63, 3.8) is 0 Å². The van der Waals surface area contributed by atoms with Gasteiger partial charge in [-0.1, -0.05) is 4.98 Å². The summed E-state index contributed by atoms with van der Waals surface area (Å²) in [6.45, 7) is 1.85. The van der Waals surface area contributed by atoms with E-state index in [2.05, 4.69) is 9.88 Å². The zero-order chi connectivity index (χ0) is 10.1. The van der Waals surface area contributed by atoms with Crippen molar-refractivity contribution in [2.24, 2.45) is 0 Å². The molecule has 76 valence electrons. The fourth-order valence-corrected chi connectivity index (χ4v) is 1.67. The largest absolute Gasteiger partial charge is 0.740 e. The fraction of sp³-hybridized carbons (Fsp3) is 0.500. The lowest BCUT2D eigenvalue weighted by molar-refractivity contribution is -0.591. The number of hydrogen-bond acceptors (Lipinski definition) is 5. The number of nitrogen functional groups attached to an aromatic ring is 2. The van der Waals surface area contributed by atoms with Crippen LogP contribution in [0.4, 0.5) is 17.5 Å². The molecule has 0 spiro atoms. The van der Waals surface area contributed by atoms with E-state index in [1.807, 2.05) is 0 Å². The normalized spacial score (nSPS) is 16.1. The molecule has 0 amide bonds. The summed E-state index contributed by atoms with van der Waals surface area (Å²) < 4.78 is 0.546. The number of nitrogens with two attached hydrogens (primary N) is 2. The number of nitrogens with zero attached hydrogens (tertiary/aromatic N) is 3. The summed E-state index contributed by atoms with van der Waals surface area (Å²) in [5.74, 6) is 0.224. The molecule has 0 radical (unpaired) electrons. The smallest absolute Gasteiger partial charge is 0.391 e.